The Kier molecular flexibility index (Phi) is 14.1. The third-order valence-electron chi connectivity index (χ3n) is 11.7. The number of carboxylic acid groups (broad SMARTS) is 1. The number of halogens is 2. The lowest BCUT2D eigenvalue weighted by Gasteiger charge is -2.30. The maximum absolute atomic E-state index is 14.3. The molecule has 17 heteroatoms. The van der Waals surface area contributed by atoms with Crippen LogP contribution in [-0.4, -0.2) is 120 Å². The Labute approximate surface area is 395 Å². The molecule has 7 aromatic rings. The number of carboxylic acids is 1. The van der Waals surface area contributed by atoms with Crippen LogP contribution in [0.3, 0.4) is 0 Å². The van der Waals surface area contributed by atoms with Crippen LogP contribution in [0, 0.1) is 12.7 Å². The maximum atomic E-state index is 14.3. The van der Waals surface area contributed by atoms with E-state index in [4.69, 9.17) is 45.0 Å². The first-order valence-electron chi connectivity index (χ1n) is 21.8. The highest BCUT2D eigenvalue weighted by molar-refractivity contribution is 7.22. The number of benzene rings is 4. The van der Waals surface area contributed by atoms with Crippen molar-refractivity contribution in [2.75, 3.05) is 66.7 Å². The van der Waals surface area contributed by atoms with Gasteiger partial charge < -0.3 is 38.4 Å². The number of rotatable bonds is 12. The van der Waals surface area contributed by atoms with E-state index in [0.29, 0.717) is 86.2 Å². The Bertz CT molecular complexity index is 2880. The van der Waals surface area contributed by atoms with Crippen LogP contribution in [0.1, 0.15) is 16.8 Å². The molecule has 6 heterocycles. The van der Waals surface area contributed by atoms with E-state index < -0.39 is 18.2 Å². The van der Waals surface area contributed by atoms with Gasteiger partial charge >= 0.3 is 5.97 Å². The van der Waals surface area contributed by atoms with Crippen molar-refractivity contribution in [3.8, 4) is 61.8 Å². The van der Waals surface area contributed by atoms with Crippen molar-refractivity contribution >= 4 is 39.1 Å². The van der Waals surface area contributed by atoms with Crippen LogP contribution >= 0.6 is 22.9 Å². The second-order valence-corrected chi connectivity index (χ2v) is 17.6. The molecule has 0 saturated carbocycles. The Morgan fingerprint density at radius 3 is 2.61 bits per heavy atom. The summed E-state index contributed by atoms with van der Waals surface area (Å²) < 4.78 is 51.6. The van der Waals surface area contributed by atoms with Gasteiger partial charge in [0.1, 0.15) is 59.3 Å². The maximum Gasteiger partial charge on any atom is 0.345 e. The molecule has 67 heavy (non-hydrogen) atoms. The van der Waals surface area contributed by atoms with Gasteiger partial charge in [-0.25, -0.2) is 29.1 Å². The van der Waals surface area contributed by atoms with Crippen LogP contribution in [-0.2, 0) is 22.6 Å². The van der Waals surface area contributed by atoms with Crippen molar-refractivity contribution in [3.05, 3.63) is 125 Å². The molecule has 1 fully saturated rings. The van der Waals surface area contributed by atoms with Crippen molar-refractivity contribution in [3.63, 3.8) is 0 Å². The van der Waals surface area contributed by atoms with E-state index >= 15 is 0 Å². The Hall–Kier alpha value is -6.43. The molecule has 1 saturated heterocycles. The molecule has 14 nitrogen and oxygen atoms in total. The first kappa shape index (κ1) is 45.7. The summed E-state index contributed by atoms with van der Waals surface area (Å²) in [5.41, 5.74) is 4.61. The minimum absolute atomic E-state index is 0.0391. The predicted molar refractivity (Wildman–Crippen MR) is 253 cm³/mol. The SMILES string of the molecule is COc1ccccc1-c1nccc(COc2ccc3cc2C[C@H](C(=O)O)Oc2ncnc4sc(-c5ccc(F)cc5)c(c24)-c2ccc(c(Cl)c2C)OC(CN(C)CCN2CCOCC2)CO3)n1. The molecule has 4 aromatic carbocycles. The molecule has 3 aromatic heterocycles. The number of thiophene rings is 1. The van der Waals surface area contributed by atoms with E-state index in [2.05, 4.69) is 24.8 Å². The molecule has 1 unspecified atom stereocenters. The van der Waals surface area contributed by atoms with Crippen molar-refractivity contribution in [1.29, 1.82) is 0 Å². The molecule has 0 amide bonds. The number of aromatic nitrogens is 4. The summed E-state index contributed by atoms with van der Waals surface area (Å²) in [6.45, 7) is 7.42. The number of carbonyl (C=O) groups is 1. The van der Waals surface area contributed by atoms with Gasteiger partial charge in [-0.15, -0.1) is 11.3 Å². The summed E-state index contributed by atoms with van der Waals surface area (Å²) >= 11 is 8.61. The van der Waals surface area contributed by atoms with Gasteiger partial charge in [-0.1, -0.05) is 41.9 Å². The largest absolute Gasteiger partial charge is 0.496 e. The fraction of sp³-hybridized carbons (Fsp3) is 0.300. The Morgan fingerprint density at radius 1 is 0.985 bits per heavy atom. The predicted octanol–water partition coefficient (Wildman–Crippen LogP) is 8.65. The van der Waals surface area contributed by atoms with Crippen molar-refractivity contribution in [2.45, 2.75) is 32.2 Å². The van der Waals surface area contributed by atoms with Crippen LogP contribution in [0.4, 0.5) is 4.39 Å². The molecule has 4 bridgehead atoms. The molecule has 0 radical (unpaired) electrons. The molecule has 3 aliphatic rings. The molecule has 0 spiro atoms. The monoisotopic (exact) mass is 946 g/mol. The van der Waals surface area contributed by atoms with E-state index in [1.165, 1.54) is 29.8 Å². The first-order chi connectivity index (χ1) is 32.6. The van der Waals surface area contributed by atoms with Crippen LogP contribution < -0.4 is 23.7 Å². The molecule has 0 aliphatic carbocycles. The molecular formula is C50H48ClFN6O8S. The standard InChI is InChI=1S/C50H48ClFN6O8S/c1-30-37-13-15-41(45(30)51)65-36(26-57(2)18-19-58-20-22-62-23-21-58)28-63-35-12-14-39(64-27-34-16-17-53-47(56-34)38-6-4-5-7-40(38)61-3)32(24-35)25-42(50(59)60)66-48-44-43(37)46(67-49(44)55-29-54-48)31-8-10-33(52)11-9-31/h4-17,24,29,36,42H,18-23,25-28H2,1-3H3,(H,59,60)/t36?,42-/m1/s1. The second kappa shape index (κ2) is 20.6. The summed E-state index contributed by atoms with van der Waals surface area (Å²) in [4.78, 5) is 37.5. The van der Waals surface area contributed by atoms with Gasteiger partial charge in [0.05, 0.1) is 42.0 Å². The number of methoxy groups -OCH3 is 1. The lowest BCUT2D eigenvalue weighted by Crippen LogP contribution is -2.43. The van der Waals surface area contributed by atoms with Gasteiger partial charge in [0.2, 0.25) is 12.0 Å². The van der Waals surface area contributed by atoms with E-state index in [0.717, 1.165) is 47.7 Å². The number of nitrogens with zero attached hydrogens (tertiary/aromatic N) is 6. The van der Waals surface area contributed by atoms with E-state index in [9.17, 15) is 14.3 Å². The Balaban J connectivity index is 1.11. The summed E-state index contributed by atoms with van der Waals surface area (Å²) in [6.07, 6.45) is 0.909. The topological polar surface area (TPSA) is 151 Å². The fourth-order valence-electron chi connectivity index (χ4n) is 8.20. The normalized spacial score (nSPS) is 16.5. The average Bonchev–Trinajstić information content (AvgIpc) is 3.74. The van der Waals surface area contributed by atoms with Gasteiger partial charge in [0.25, 0.3) is 0 Å². The smallest absolute Gasteiger partial charge is 0.345 e. The van der Waals surface area contributed by atoms with Crippen LogP contribution in [0.25, 0.3) is 43.2 Å². The fourth-order valence-corrected chi connectivity index (χ4v) is 9.56. The minimum atomic E-state index is -1.45. The van der Waals surface area contributed by atoms with Gasteiger partial charge in [-0.3, -0.25) is 4.90 Å². The molecule has 3 aliphatic heterocycles. The van der Waals surface area contributed by atoms with E-state index in [1.54, 1.807) is 49.7 Å². The third kappa shape index (κ3) is 10.4. The zero-order valence-corrected chi connectivity index (χ0v) is 38.7. The minimum Gasteiger partial charge on any atom is -0.496 e. The van der Waals surface area contributed by atoms with Crippen LogP contribution in [0.2, 0.25) is 5.02 Å². The highest BCUT2D eigenvalue weighted by Crippen LogP contribution is 2.49. The van der Waals surface area contributed by atoms with Gasteiger partial charge in [-0.2, -0.15) is 0 Å². The Morgan fingerprint density at radius 2 is 1.81 bits per heavy atom. The van der Waals surface area contributed by atoms with Crippen molar-refractivity contribution in [1.82, 2.24) is 29.7 Å². The number of para-hydroxylation sites is 1. The van der Waals surface area contributed by atoms with E-state index in [1.807, 2.05) is 50.4 Å². The first-order valence-corrected chi connectivity index (χ1v) is 23.0. The number of morpholine rings is 1. The number of aliphatic carboxylic acids is 1. The van der Waals surface area contributed by atoms with Crippen LogP contribution in [0.15, 0.2) is 97.5 Å². The average molecular weight is 947 g/mol. The third-order valence-corrected chi connectivity index (χ3v) is 13.3. The highest BCUT2D eigenvalue weighted by Gasteiger charge is 2.30. The molecule has 1 N–H and O–H groups in total. The van der Waals surface area contributed by atoms with Gasteiger partial charge in [-0.05, 0) is 85.3 Å². The molecular weight excluding hydrogens is 899 g/mol. The lowest BCUT2D eigenvalue weighted by atomic mass is 9.96. The zero-order chi connectivity index (χ0) is 46.4. The number of fused-ring (bicyclic) bond motifs is 7. The van der Waals surface area contributed by atoms with Crippen molar-refractivity contribution < 1.29 is 42.7 Å². The summed E-state index contributed by atoms with van der Waals surface area (Å²) in [5.74, 6) is 0.862. The molecule has 346 valence electrons. The number of ether oxygens (including phenoxy) is 6. The number of likely N-dealkylation sites (N-methyl/N-ethyl adjacent to an activating group) is 1. The van der Waals surface area contributed by atoms with Crippen molar-refractivity contribution in [2.24, 2.45) is 0 Å². The summed E-state index contributed by atoms with van der Waals surface area (Å²) in [6, 6.07) is 24.4. The van der Waals surface area contributed by atoms with Crippen LogP contribution in [0.5, 0.6) is 28.9 Å². The van der Waals surface area contributed by atoms with E-state index in [-0.39, 0.29) is 31.3 Å². The second-order valence-electron chi connectivity index (χ2n) is 16.3. The highest BCUT2D eigenvalue weighted by atomic mass is 35.5. The summed E-state index contributed by atoms with van der Waals surface area (Å²) in [5, 5.41) is 11.7. The quantitative estimate of drug-likeness (QED) is 0.124. The van der Waals surface area contributed by atoms with Gasteiger partial charge in [0.15, 0.2) is 5.82 Å². The molecule has 2 atom stereocenters. The number of hydrogen-bond donors (Lipinski definition) is 1. The summed E-state index contributed by atoms with van der Waals surface area (Å²) in [7, 11) is 3.64. The molecule has 10 rings (SSSR count). The zero-order valence-electron chi connectivity index (χ0n) is 37.1. The lowest BCUT2D eigenvalue weighted by molar-refractivity contribution is -0.145. The van der Waals surface area contributed by atoms with Gasteiger partial charge in [0, 0.05) is 61.3 Å². The number of hydrogen-bond acceptors (Lipinski definition) is 14.